The van der Waals surface area contributed by atoms with E-state index in [4.69, 9.17) is 5.11 Å². The molecule has 0 aliphatic rings. The van der Waals surface area contributed by atoms with Crippen molar-refractivity contribution >= 4 is 33.2 Å². The first kappa shape index (κ1) is 17.9. The SMILES string of the molecule is O=C(O)Oc1sc(-c2ccc(F)cc2)cc1NS(=O)(=O)c1ccccc1. The molecule has 0 aliphatic carbocycles. The highest BCUT2D eigenvalue weighted by Gasteiger charge is 2.21. The number of carbonyl (C=O) groups is 1. The fraction of sp³-hybridized carbons (Fsp3) is 0. The molecule has 0 spiro atoms. The Morgan fingerprint density at radius 2 is 1.73 bits per heavy atom. The molecule has 0 saturated heterocycles. The Balaban J connectivity index is 1.99. The molecule has 0 radical (unpaired) electrons. The van der Waals surface area contributed by atoms with Gasteiger partial charge in [-0.3, -0.25) is 4.72 Å². The third-order valence-electron chi connectivity index (χ3n) is 3.30. The molecule has 1 heterocycles. The summed E-state index contributed by atoms with van der Waals surface area (Å²) >= 11 is 0.930. The average molecular weight is 393 g/mol. The number of halogens is 1. The Kier molecular flexibility index (Phi) is 4.92. The van der Waals surface area contributed by atoms with Gasteiger partial charge in [0.2, 0.25) is 5.06 Å². The summed E-state index contributed by atoms with van der Waals surface area (Å²) in [5, 5.41) is 8.75. The summed E-state index contributed by atoms with van der Waals surface area (Å²) in [5.74, 6) is -0.419. The molecule has 134 valence electrons. The normalized spacial score (nSPS) is 11.1. The largest absolute Gasteiger partial charge is 0.512 e. The van der Waals surface area contributed by atoms with Crippen LogP contribution in [-0.2, 0) is 10.0 Å². The molecule has 0 saturated carbocycles. The van der Waals surface area contributed by atoms with Crippen molar-refractivity contribution in [3.8, 4) is 15.5 Å². The molecule has 6 nitrogen and oxygen atoms in total. The summed E-state index contributed by atoms with van der Waals surface area (Å²) in [6.45, 7) is 0. The molecule has 0 aliphatic heterocycles. The van der Waals surface area contributed by atoms with E-state index in [-0.39, 0.29) is 15.6 Å². The van der Waals surface area contributed by atoms with E-state index in [0.717, 1.165) is 11.3 Å². The van der Waals surface area contributed by atoms with E-state index in [9.17, 15) is 17.6 Å². The fourth-order valence-corrected chi connectivity index (χ4v) is 4.26. The van der Waals surface area contributed by atoms with Crippen molar-refractivity contribution in [3.63, 3.8) is 0 Å². The monoisotopic (exact) mass is 393 g/mol. The van der Waals surface area contributed by atoms with Crippen molar-refractivity contribution < 1.29 is 27.4 Å². The smallest absolute Gasteiger partial charge is 0.449 e. The van der Waals surface area contributed by atoms with Gasteiger partial charge in [0.1, 0.15) is 11.5 Å². The van der Waals surface area contributed by atoms with Gasteiger partial charge in [-0.2, -0.15) is 0 Å². The van der Waals surface area contributed by atoms with E-state index in [1.807, 2.05) is 0 Å². The van der Waals surface area contributed by atoms with E-state index in [2.05, 4.69) is 9.46 Å². The molecule has 2 N–H and O–H groups in total. The molecule has 0 fully saturated rings. The average Bonchev–Trinajstić information content (AvgIpc) is 2.97. The van der Waals surface area contributed by atoms with Crippen molar-refractivity contribution in [1.82, 2.24) is 0 Å². The molecule has 3 rings (SSSR count). The third-order valence-corrected chi connectivity index (χ3v) is 5.75. The first-order chi connectivity index (χ1) is 12.3. The van der Waals surface area contributed by atoms with Crippen LogP contribution in [0, 0.1) is 5.82 Å². The van der Waals surface area contributed by atoms with Crippen molar-refractivity contribution in [2.24, 2.45) is 0 Å². The molecule has 2 aromatic carbocycles. The molecule has 3 aromatic rings. The number of thiophene rings is 1. The first-order valence-electron chi connectivity index (χ1n) is 7.23. The number of nitrogens with one attached hydrogen (secondary N) is 1. The molecule has 0 bridgehead atoms. The van der Waals surface area contributed by atoms with Gasteiger partial charge >= 0.3 is 6.16 Å². The minimum Gasteiger partial charge on any atom is -0.449 e. The van der Waals surface area contributed by atoms with Crippen LogP contribution in [0.4, 0.5) is 14.9 Å². The Morgan fingerprint density at radius 3 is 2.35 bits per heavy atom. The topological polar surface area (TPSA) is 92.7 Å². The summed E-state index contributed by atoms with van der Waals surface area (Å²) in [4.78, 5) is 11.4. The number of rotatable bonds is 5. The lowest BCUT2D eigenvalue weighted by Crippen LogP contribution is -2.13. The fourth-order valence-electron chi connectivity index (χ4n) is 2.16. The quantitative estimate of drug-likeness (QED) is 0.626. The predicted molar refractivity (Wildman–Crippen MR) is 95.6 cm³/mol. The van der Waals surface area contributed by atoms with Crippen LogP contribution in [0.5, 0.6) is 5.06 Å². The Hall–Kier alpha value is -2.91. The molecule has 1 aromatic heterocycles. The van der Waals surface area contributed by atoms with Crippen LogP contribution in [0.2, 0.25) is 0 Å². The van der Waals surface area contributed by atoms with Gasteiger partial charge in [-0.1, -0.05) is 41.7 Å². The molecule has 26 heavy (non-hydrogen) atoms. The summed E-state index contributed by atoms with van der Waals surface area (Å²) in [6, 6.07) is 14.6. The van der Waals surface area contributed by atoms with Gasteiger partial charge < -0.3 is 9.84 Å². The number of sulfonamides is 1. The van der Waals surface area contributed by atoms with Gasteiger partial charge in [-0.25, -0.2) is 17.6 Å². The van der Waals surface area contributed by atoms with Gasteiger partial charge in [0, 0.05) is 4.88 Å². The highest BCUT2D eigenvalue weighted by atomic mass is 32.2. The maximum Gasteiger partial charge on any atom is 0.512 e. The highest BCUT2D eigenvalue weighted by Crippen LogP contribution is 2.41. The highest BCUT2D eigenvalue weighted by molar-refractivity contribution is 7.92. The van der Waals surface area contributed by atoms with Crippen LogP contribution in [0.15, 0.2) is 65.6 Å². The number of ether oxygens (including phenoxy) is 1. The number of hydrogen-bond donors (Lipinski definition) is 2. The lowest BCUT2D eigenvalue weighted by molar-refractivity contribution is 0.146. The lowest BCUT2D eigenvalue weighted by atomic mass is 10.2. The van der Waals surface area contributed by atoms with E-state index < -0.39 is 22.0 Å². The molecule has 0 unspecified atom stereocenters. The van der Waals surface area contributed by atoms with E-state index in [1.165, 1.54) is 42.5 Å². The van der Waals surface area contributed by atoms with E-state index in [0.29, 0.717) is 10.4 Å². The van der Waals surface area contributed by atoms with Crippen LogP contribution in [0.25, 0.3) is 10.4 Å². The summed E-state index contributed by atoms with van der Waals surface area (Å²) in [5.41, 5.74) is 0.581. The number of anilines is 1. The summed E-state index contributed by atoms with van der Waals surface area (Å²) in [6.07, 6.45) is -1.57. The standard InChI is InChI=1S/C17H12FNO5S2/c18-12-8-6-11(7-9-12)15-10-14(16(25-15)24-17(20)21)19-26(22,23)13-4-2-1-3-5-13/h1-10,19H,(H,20,21). The maximum absolute atomic E-state index is 13.1. The zero-order chi connectivity index (χ0) is 18.7. The van der Waals surface area contributed by atoms with Gasteiger partial charge in [-0.05, 0) is 35.9 Å². The second-order valence-corrected chi connectivity index (χ2v) is 7.80. The van der Waals surface area contributed by atoms with Crippen molar-refractivity contribution in [3.05, 3.63) is 66.5 Å². The summed E-state index contributed by atoms with van der Waals surface area (Å²) in [7, 11) is -3.92. The van der Waals surface area contributed by atoms with Crippen LogP contribution in [0.3, 0.4) is 0 Å². The minimum atomic E-state index is -3.92. The van der Waals surface area contributed by atoms with Crippen LogP contribution in [-0.4, -0.2) is 19.7 Å². The zero-order valence-corrected chi connectivity index (χ0v) is 14.7. The second-order valence-electron chi connectivity index (χ2n) is 5.11. The molecule has 0 atom stereocenters. The van der Waals surface area contributed by atoms with Crippen LogP contribution < -0.4 is 9.46 Å². The van der Waals surface area contributed by atoms with E-state index in [1.54, 1.807) is 18.2 Å². The Morgan fingerprint density at radius 1 is 1.08 bits per heavy atom. The summed E-state index contributed by atoms with van der Waals surface area (Å²) < 4.78 is 45.0. The van der Waals surface area contributed by atoms with Gasteiger partial charge in [0.05, 0.1) is 4.90 Å². The van der Waals surface area contributed by atoms with Crippen LogP contribution in [0.1, 0.15) is 0 Å². The van der Waals surface area contributed by atoms with Gasteiger partial charge in [0.15, 0.2) is 0 Å². The molecule has 9 heteroatoms. The van der Waals surface area contributed by atoms with E-state index >= 15 is 0 Å². The lowest BCUT2D eigenvalue weighted by Gasteiger charge is -2.07. The predicted octanol–water partition coefficient (Wildman–Crippen LogP) is 4.41. The molecular formula is C17H12FNO5S2. The minimum absolute atomic E-state index is 0.0134. The van der Waals surface area contributed by atoms with Crippen molar-refractivity contribution in [2.75, 3.05) is 4.72 Å². The van der Waals surface area contributed by atoms with Gasteiger partial charge in [0.25, 0.3) is 10.0 Å². The number of carboxylic acid groups (broad SMARTS) is 1. The Bertz CT molecular complexity index is 1030. The van der Waals surface area contributed by atoms with Gasteiger partial charge in [-0.15, -0.1) is 0 Å². The van der Waals surface area contributed by atoms with Crippen molar-refractivity contribution in [1.29, 1.82) is 0 Å². The van der Waals surface area contributed by atoms with Crippen LogP contribution >= 0.6 is 11.3 Å². The van der Waals surface area contributed by atoms with Crippen molar-refractivity contribution in [2.45, 2.75) is 4.90 Å². The zero-order valence-electron chi connectivity index (χ0n) is 13.0. The first-order valence-corrected chi connectivity index (χ1v) is 9.53. The number of hydrogen-bond acceptors (Lipinski definition) is 5. The second kappa shape index (κ2) is 7.14. The molecular weight excluding hydrogens is 381 g/mol. The third kappa shape index (κ3) is 4.01. The molecule has 0 amide bonds. The Labute approximate surface area is 152 Å². The number of benzene rings is 2. The maximum atomic E-state index is 13.1.